The summed E-state index contributed by atoms with van der Waals surface area (Å²) < 4.78 is 5.80. The molecule has 4 nitrogen and oxygen atoms in total. The van der Waals surface area contributed by atoms with E-state index in [9.17, 15) is 4.79 Å². The fraction of sp³-hybridized carbons (Fsp3) is 0.476. The van der Waals surface area contributed by atoms with Crippen LogP contribution < -0.4 is 10.1 Å². The van der Waals surface area contributed by atoms with Crippen LogP contribution in [0.1, 0.15) is 49.9 Å². The van der Waals surface area contributed by atoms with Crippen LogP contribution in [-0.4, -0.2) is 37.0 Å². The lowest BCUT2D eigenvalue weighted by atomic mass is 10.1. The number of nitrogens with zero attached hydrogens (tertiary/aromatic N) is 1. The van der Waals surface area contributed by atoms with Gasteiger partial charge in [-0.3, -0.25) is 9.69 Å². The van der Waals surface area contributed by atoms with E-state index in [0.717, 1.165) is 24.4 Å². The minimum Gasteiger partial charge on any atom is -0.492 e. The lowest BCUT2D eigenvalue weighted by Crippen LogP contribution is -2.33. The second-order valence-corrected chi connectivity index (χ2v) is 6.30. The number of piperidine rings is 1. The Balaban J connectivity index is 1.80. The van der Waals surface area contributed by atoms with Gasteiger partial charge in [0.05, 0.1) is 0 Å². The predicted molar refractivity (Wildman–Crippen MR) is 103 cm³/mol. The minimum absolute atomic E-state index is 0.0857. The third kappa shape index (κ3) is 6.75. The molecule has 0 aromatic heterocycles. The maximum Gasteiger partial charge on any atom is 0.255 e. The monoisotopic (exact) mass is 342 g/mol. The second kappa shape index (κ2) is 10.7. The zero-order valence-corrected chi connectivity index (χ0v) is 15.5. The molecule has 4 heteroatoms. The fourth-order valence-corrected chi connectivity index (χ4v) is 2.86. The predicted octanol–water partition coefficient (Wildman–Crippen LogP) is 4.15. The van der Waals surface area contributed by atoms with Gasteiger partial charge in [-0.1, -0.05) is 25.5 Å². The van der Waals surface area contributed by atoms with Crippen molar-refractivity contribution in [2.75, 3.05) is 26.2 Å². The van der Waals surface area contributed by atoms with Gasteiger partial charge in [-0.15, -0.1) is 0 Å². The van der Waals surface area contributed by atoms with Gasteiger partial charge in [-0.2, -0.15) is 0 Å². The molecule has 1 aliphatic heterocycles. The highest BCUT2D eigenvalue weighted by Crippen LogP contribution is 2.14. The highest BCUT2D eigenvalue weighted by Gasteiger charge is 2.10. The van der Waals surface area contributed by atoms with E-state index in [1.807, 2.05) is 56.3 Å². The molecule has 25 heavy (non-hydrogen) atoms. The van der Waals surface area contributed by atoms with Crippen molar-refractivity contribution in [3.8, 4) is 5.75 Å². The molecule has 1 saturated heterocycles. The van der Waals surface area contributed by atoms with Gasteiger partial charge in [0.15, 0.2) is 0 Å². The second-order valence-electron chi connectivity index (χ2n) is 6.30. The number of carbonyl (C=O) groups excluding carboxylic acids is 1. The lowest BCUT2D eigenvalue weighted by Gasteiger charge is -2.26. The zero-order valence-electron chi connectivity index (χ0n) is 15.5. The van der Waals surface area contributed by atoms with Crippen LogP contribution in [0.3, 0.4) is 0 Å². The smallest absolute Gasteiger partial charge is 0.255 e. The number of benzene rings is 1. The molecule has 1 aliphatic rings. The summed E-state index contributed by atoms with van der Waals surface area (Å²) in [7, 11) is 0. The Kier molecular flexibility index (Phi) is 8.26. The molecular formula is C21H30N2O2. The number of nitrogens with one attached hydrogen (secondary N) is 1. The van der Waals surface area contributed by atoms with E-state index in [1.54, 1.807) is 0 Å². The number of likely N-dealkylation sites (tertiary alicyclic amines) is 1. The van der Waals surface area contributed by atoms with Gasteiger partial charge in [0.1, 0.15) is 12.4 Å². The Morgan fingerprint density at radius 3 is 2.56 bits per heavy atom. The van der Waals surface area contributed by atoms with Crippen LogP contribution in [0.2, 0.25) is 0 Å². The standard InChI is InChI=1S/C21H30N2O2/c1-3-5-9-19(4-2)22-21(24)18-10-12-20(13-11-18)25-17-16-23-14-7-6-8-15-23/h3,5,9-13H,4,6-8,14-17H2,1-2H3,(H,22,24)/b5-3-,19-9+. The average molecular weight is 342 g/mol. The van der Waals surface area contributed by atoms with Crippen LogP contribution in [0.5, 0.6) is 5.75 Å². The highest BCUT2D eigenvalue weighted by atomic mass is 16.5. The first kappa shape index (κ1) is 19.3. The molecule has 1 aromatic rings. The number of hydrogen-bond donors (Lipinski definition) is 1. The molecule has 0 saturated carbocycles. The zero-order chi connectivity index (χ0) is 17.9. The molecule has 0 atom stereocenters. The molecule has 0 radical (unpaired) electrons. The van der Waals surface area contributed by atoms with Crippen LogP contribution in [0.25, 0.3) is 0 Å². The summed E-state index contributed by atoms with van der Waals surface area (Å²) in [6.45, 7) is 8.01. The summed E-state index contributed by atoms with van der Waals surface area (Å²) >= 11 is 0. The number of allylic oxidation sites excluding steroid dienone is 4. The number of amides is 1. The van der Waals surface area contributed by atoms with Gasteiger partial charge in [0.25, 0.3) is 5.91 Å². The Hall–Kier alpha value is -2.07. The van der Waals surface area contributed by atoms with Gasteiger partial charge >= 0.3 is 0 Å². The van der Waals surface area contributed by atoms with E-state index in [0.29, 0.717) is 12.2 Å². The van der Waals surface area contributed by atoms with E-state index in [4.69, 9.17) is 4.74 Å². The first-order chi connectivity index (χ1) is 12.2. The van der Waals surface area contributed by atoms with Crippen molar-refractivity contribution in [3.63, 3.8) is 0 Å². The van der Waals surface area contributed by atoms with E-state index in [1.165, 1.54) is 32.4 Å². The first-order valence-electron chi connectivity index (χ1n) is 9.31. The summed E-state index contributed by atoms with van der Waals surface area (Å²) in [5.41, 5.74) is 1.55. The number of rotatable bonds is 8. The Morgan fingerprint density at radius 2 is 1.92 bits per heavy atom. The molecule has 1 aromatic carbocycles. The highest BCUT2D eigenvalue weighted by molar-refractivity contribution is 5.95. The van der Waals surface area contributed by atoms with Gasteiger partial charge in [-0.05, 0) is 69.6 Å². The summed E-state index contributed by atoms with van der Waals surface area (Å²) in [5, 5.41) is 2.95. The molecule has 0 bridgehead atoms. The molecule has 2 rings (SSSR count). The normalized spacial score (nSPS) is 16.2. The molecule has 136 valence electrons. The Bertz CT molecular complexity index is 584. The minimum atomic E-state index is -0.0857. The molecule has 1 amide bonds. The Labute approximate surface area is 151 Å². The summed E-state index contributed by atoms with van der Waals surface area (Å²) in [5.74, 6) is 0.728. The molecule has 0 aliphatic carbocycles. The molecule has 1 fully saturated rings. The van der Waals surface area contributed by atoms with Crippen LogP contribution in [0, 0.1) is 0 Å². The van der Waals surface area contributed by atoms with Crippen molar-refractivity contribution in [2.45, 2.75) is 39.5 Å². The van der Waals surface area contributed by atoms with E-state index < -0.39 is 0 Å². The van der Waals surface area contributed by atoms with Crippen LogP contribution in [0.15, 0.2) is 48.2 Å². The third-order valence-electron chi connectivity index (χ3n) is 4.39. The van der Waals surface area contributed by atoms with Gasteiger partial charge in [0, 0.05) is 17.8 Å². The molecule has 1 N–H and O–H groups in total. The largest absolute Gasteiger partial charge is 0.492 e. The van der Waals surface area contributed by atoms with E-state index >= 15 is 0 Å². The molecular weight excluding hydrogens is 312 g/mol. The summed E-state index contributed by atoms with van der Waals surface area (Å²) in [6.07, 6.45) is 10.5. The van der Waals surface area contributed by atoms with Crippen LogP contribution in [-0.2, 0) is 0 Å². The van der Waals surface area contributed by atoms with Crippen molar-refractivity contribution < 1.29 is 9.53 Å². The van der Waals surface area contributed by atoms with Crippen LogP contribution in [0.4, 0.5) is 0 Å². The first-order valence-corrected chi connectivity index (χ1v) is 9.31. The number of hydrogen-bond acceptors (Lipinski definition) is 3. The summed E-state index contributed by atoms with van der Waals surface area (Å²) in [6, 6.07) is 7.36. The van der Waals surface area contributed by atoms with Crippen molar-refractivity contribution in [3.05, 3.63) is 53.8 Å². The van der Waals surface area contributed by atoms with Crippen molar-refractivity contribution in [2.24, 2.45) is 0 Å². The fourth-order valence-electron chi connectivity index (χ4n) is 2.86. The summed E-state index contributed by atoms with van der Waals surface area (Å²) in [4.78, 5) is 14.7. The maximum atomic E-state index is 12.3. The maximum absolute atomic E-state index is 12.3. The van der Waals surface area contributed by atoms with E-state index in [2.05, 4.69) is 10.2 Å². The number of carbonyl (C=O) groups is 1. The quantitative estimate of drug-likeness (QED) is 0.722. The van der Waals surface area contributed by atoms with Crippen molar-refractivity contribution >= 4 is 5.91 Å². The van der Waals surface area contributed by atoms with Crippen molar-refractivity contribution in [1.82, 2.24) is 10.2 Å². The van der Waals surface area contributed by atoms with Gasteiger partial charge in [-0.25, -0.2) is 0 Å². The average Bonchev–Trinajstić information content (AvgIpc) is 2.66. The molecule has 1 heterocycles. The topological polar surface area (TPSA) is 41.6 Å². The van der Waals surface area contributed by atoms with Gasteiger partial charge < -0.3 is 10.1 Å². The van der Waals surface area contributed by atoms with Crippen molar-refractivity contribution in [1.29, 1.82) is 0 Å². The SMILES string of the molecule is C/C=C\C=C(/CC)NC(=O)c1ccc(OCCN2CCCCC2)cc1. The Morgan fingerprint density at radius 1 is 1.20 bits per heavy atom. The number of ether oxygens (including phenoxy) is 1. The third-order valence-corrected chi connectivity index (χ3v) is 4.39. The van der Waals surface area contributed by atoms with Gasteiger partial charge in [0.2, 0.25) is 0 Å². The molecule has 0 spiro atoms. The van der Waals surface area contributed by atoms with Crippen LogP contribution >= 0.6 is 0 Å². The molecule has 0 unspecified atom stereocenters. The van der Waals surface area contributed by atoms with E-state index in [-0.39, 0.29) is 5.91 Å². The lowest BCUT2D eigenvalue weighted by molar-refractivity contribution is 0.0964.